The molecule has 0 radical (unpaired) electrons. The molecule has 1 aromatic carbocycles. The maximum absolute atomic E-state index is 12.5. The van der Waals surface area contributed by atoms with Gasteiger partial charge in [0, 0.05) is 42.5 Å². The molecule has 0 bridgehead atoms. The van der Waals surface area contributed by atoms with E-state index >= 15 is 0 Å². The second-order valence-corrected chi connectivity index (χ2v) is 7.48. The van der Waals surface area contributed by atoms with Gasteiger partial charge in [0.25, 0.3) is 5.91 Å². The van der Waals surface area contributed by atoms with Crippen LogP contribution in [0.4, 0.5) is 5.69 Å². The van der Waals surface area contributed by atoms with E-state index in [9.17, 15) is 9.59 Å². The number of hydrogen-bond donors (Lipinski definition) is 1. The largest absolute Gasteiger partial charge is 0.378 e. The van der Waals surface area contributed by atoms with Crippen molar-refractivity contribution in [3.63, 3.8) is 0 Å². The van der Waals surface area contributed by atoms with Crippen LogP contribution in [0, 0.1) is 12.8 Å². The Kier molecular flexibility index (Phi) is 5.46. The van der Waals surface area contributed by atoms with Crippen LogP contribution in [0.3, 0.4) is 0 Å². The lowest BCUT2D eigenvalue weighted by Gasteiger charge is -2.26. The Balaban J connectivity index is 1.62. The summed E-state index contributed by atoms with van der Waals surface area (Å²) in [5.41, 5.74) is 2.37. The van der Waals surface area contributed by atoms with Gasteiger partial charge in [-0.3, -0.25) is 9.59 Å². The van der Waals surface area contributed by atoms with Gasteiger partial charge in [0.2, 0.25) is 5.91 Å². The number of rotatable bonds is 5. The monoisotopic (exact) mass is 348 g/mol. The van der Waals surface area contributed by atoms with E-state index in [0.717, 1.165) is 42.3 Å². The Labute approximate surface area is 147 Å². The van der Waals surface area contributed by atoms with Gasteiger partial charge in [0.05, 0.1) is 12.0 Å². The van der Waals surface area contributed by atoms with Crippen LogP contribution in [0.25, 0.3) is 0 Å². The number of aryl methyl sites for hydroxylation is 1. The SMILES string of the molecule is CCO[C@H]1C[C@@H]1C(=O)Nc1ccc(C(=O)N2CCSCC2)cc1C. The Morgan fingerprint density at radius 3 is 2.75 bits per heavy atom. The lowest BCUT2D eigenvalue weighted by molar-refractivity contribution is -0.118. The highest BCUT2D eigenvalue weighted by Crippen LogP contribution is 2.35. The number of carbonyl (C=O) groups excluding carboxylic acids is 2. The van der Waals surface area contributed by atoms with Gasteiger partial charge >= 0.3 is 0 Å². The molecule has 130 valence electrons. The standard InChI is InChI=1S/C18H24N2O3S/c1-3-23-16-11-14(16)17(21)19-15-5-4-13(10-12(15)2)18(22)20-6-8-24-9-7-20/h4-5,10,14,16H,3,6-9,11H2,1-2H3,(H,19,21)/t14-,16-/m0/s1. The zero-order valence-corrected chi connectivity index (χ0v) is 15.0. The minimum Gasteiger partial charge on any atom is -0.378 e. The molecule has 1 aromatic rings. The summed E-state index contributed by atoms with van der Waals surface area (Å²) in [6.07, 6.45) is 0.857. The van der Waals surface area contributed by atoms with Gasteiger partial charge in [-0.2, -0.15) is 11.8 Å². The molecule has 0 spiro atoms. The summed E-state index contributed by atoms with van der Waals surface area (Å²) in [5, 5.41) is 2.96. The predicted octanol–water partition coefficient (Wildman–Crippen LogP) is 2.55. The van der Waals surface area contributed by atoms with Crippen LogP contribution in [0.2, 0.25) is 0 Å². The van der Waals surface area contributed by atoms with Crippen molar-refractivity contribution in [2.24, 2.45) is 5.92 Å². The number of carbonyl (C=O) groups is 2. The van der Waals surface area contributed by atoms with Crippen LogP contribution in [-0.4, -0.2) is 54.0 Å². The normalized spacial score (nSPS) is 23.0. The van der Waals surface area contributed by atoms with Crippen molar-refractivity contribution in [3.8, 4) is 0 Å². The zero-order chi connectivity index (χ0) is 17.1. The number of thioether (sulfide) groups is 1. The molecule has 0 unspecified atom stereocenters. The van der Waals surface area contributed by atoms with Crippen molar-refractivity contribution >= 4 is 29.3 Å². The summed E-state index contributed by atoms with van der Waals surface area (Å²) in [4.78, 5) is 26.6. The topological polar surface area (TPSA) is 58.6 Å². The average Bonchev–Trinajstić information content (AvgIpc) is 3.36. The molecule has 3 rings (SSSR count). The van der Waals surface area contributed by atoms with E-state index in [1.54, 1.807) is 6.07 Å². The van der Waals surface area contributed by atoms with Crippen LogP contribution < -0.4 is 5.32 Å². The van der Waals surface area contributed by atoms with Gasteiger partial charge in [-0.25, -0.2) is 0 Å². The number of anilines is 1. The molecular formula is C18H24N2O3S. The lowest BCUT2D eigenvalue weighted by atomic mass is 10.1. The van der Waals surface area contributed by atoms with E-state index in [2.05, 4.69) is 5.32 Å². The number of hydrogen-bond acceptors (Lipinski definition) is 4. The third kappa shape index (κ3) is 3.92. The van der Waals surface area contributed by atoms with E-state index < -0.39 is 0 Å². The maximum Gasteiger partial charge on any atom is 0.253 e. The molecule has 1 saturated carbocycles. The minimum absolute atomic E-state index is 0.00341. The van der Waals surface area contributed by atoms with Gasteiger partial charge in [-0.15, -0.1) is 0 Å². The molecule has 1 aliphatic heterocycles. The molecule has 6 heteroatoms. The smallest absolute Gasteiger partial charge is 0.253 e. The van der Waals surface area contributed by atoms with Gasteiger partial charge in [0.15, 0.2) is 0 Å². The fraction of sp³-hybridized carbons (Fsp3) is 0.556. The lowest BCUT2D eigenvalue weighted by Crippen LogP contribution is -2.37. The summed E-state index contributed by atoms with van der Waals surface area (Å²) in [5.74, 6) is 2.04. The Hall–Kier alpha value is -1.53. The van der Waals surface area contributed by atoms with Crippen LogP contribution in [0.5, 0.6) is 0 Å². The molecule has 1 heterocycles. The summed E-state index contributed by atoms with van der Waals surface area (Å²) in [6, 6.07) is 5.50. The zero-order valence-electron chi connectivity index (χ0n) is 14.2. The Morgan fingerprint density at radius 2 is 2.08 bits per heavy atom. The minimum atomic E-state index is -0.0449. The summed E-state index contributed by atoms with van der Waals surface area (Å²) in [6.45, 7) is 6.11. The highest BCUT2D eigenvalue weighted by atomic mass is 32.2. The summed E-state index contributed by atoms with van der Waals surface area (Å²) >= 11 is 1.88. The first kappa shape index (κ1) is 17.3. The van der Waals surface area contributed by atoms with Gasteiger partial charge in [-0.1, -0.05) is 0 Å². The van der Waals surface area contributed by atoms with E-state index in [4.69, 9.17) is 4.74 Å². The first-order chi connectivity index (χ1) is 11.6. The van der Waals surface area contributed by atoms with Crippen molar-refractivity contribution in [2.45, 2.75) is 26.4 Å². The van der Waals surface area contributed by atoms with Crippen molar-refractivity contribution in [3.05, 3.63) is 29.3 Å². The molecule has 2 fully saturated rings. The predicted molar refractivity (Wildman–Crippen MR) is 96.6 cm³/mol. The van der Waals surface area contributed by atoms with Crippen molar-refractivity contribution in [2.75, 3.05) is 36.5 Å². The van der Waals surface area contributed by atoms with Gasteiger partial charge in [0.1, 0.15) is 0 Å². The van der Waals surface area contributed by atoms with Crippen LogP contribution in [0.1, 0.15) is 29.3 Å². The first-order valence-electron chi connectivity index (χ1n) is 8.50. The molecule has 1 N–H and O–H groups in total. The molecule has 1 saturated heterocycles. The van der Waals surface area contributed by atoms with Crippen molar-refractivity contribution in [1.29, 1.82) is 0 Å². The molecule has 5 nitrogen and oxygen atoms in total. The molecule has 0 aromatic heterocycles. The number of ether oxygens (including phenoxy) is 1. The van der Waals surface area contributed by atoms with Crippen molar-refractivity contribution in [1.82, 2.24) is 4.90 Å². The summed E-state index contributed by atoms with van der Waals surface area (Å²) < 4.78 is 5.46. The fourth-order valence-electron chi connectivity index (χ4n) is 2.96. The molecule has 2 aliphatic rings. The van der Waals surface area contributed by atoms with Crippen LogP contribution >= 0.6 is 11.8 Å². The second kappa shape index (κ2) is 7.57. The highest BCUT2D eigenvalue weighted by Gasteiger charge is 2.44. The number of benzene rings is 1. The van der Waals surface area contributed by atoms with E-state index in [1.165, 1.54) is 0 Å². The molecule has 2 amide bonds. The van der Waals surface area contributed by atoms with Gasteiger partial charge < -0.3 is 15.0 Å². The van der Waals surface area contributed by atoms with E-state index in [-0.39, 0.29) is 23.8 Å². The molecule has 24 heavy (non-hydrogen) atoms. The average molecular weight is 348 g/mol. The number of nitrogens with zero attached hydrogens (tertiary/aromatic N) is 1. The van der Waals surface area contributed by atoms with E-state index in [0.29, 0.717) is 12.2 Å². The van der Waals surface area contributed by atoms with Crippen LogP contribution in [-0.2, 0) is 9.53 Å². The second-order valence-electron chi connectivity index (χ2n) is 6.26. The van der Waals surface area contributed by atoms with E-state index in [1.807, 2.05) is 42.6 Å². The highest BCUT2D eigenvalue weighted by molar-refractivity contribution is 7.99. The van der Waals surface area contributed by atoms with Gasteiger partial charge in [-0.05, 0) is 44.0 Å². The fourth-order valence-corrected chi connectivity index (χ4v) is 3.86. The third-order valence-corrected chi connectivity index (χ3v) is 5.42. The Morgan fingerprint density at radius 1 is 1.33 bits per heavy atom. The molecule has 1 aliphatic carbocycles. The number of nitrogens with one attached hydrogen (secondary N) is 1. The first-order valence-corrected chi connectivity index (χ1v) is 9.65. The van der Waals surface area contributed by atoms with Crippen LogP contribution in [0.15, 0.2) is 18.2 Å². The maximum atomic E-state index is 12.5. The number of amides is 2. The summed E-state index contributed by atoms with van der Waals surface area (Å²) in [7, 11) is 0. The molecule has 2 atom stereocenters. The third-order valence-electron chi connectivity index (χ3n) is 4.48. The van der Waals surface area contributed by atoms with Crippen molar-refractivity contribution < 1.29 is 14.3 Å². The molecular weight excluding hydrogens is 324 g/mol. The Bertz CT molecular complexity index is 629. The quantitative estimate of drug-likeness (QED) is 0.888.